The Morgan fingerprint density at radius 1 is 1.21 bits per heavy atom. The van der Waals surface area contributed by atoms with Gasteiger partial charge in [-0.1, -0.05) is 52.0 Å². The van der Waals surface area contributed by atoms with Gasteiger partial charge in [0.25, 0.3) is 0 Å². The summed E-state index contributed by atoms with van der Waals surface area (Å²) >= 11 is 0. The largest absolute Gasteiger partial charge is 1.00 e. The predicted molar refractivity (Wildman–Crippen MR) is 182 cm³/mol. The molecular weight excluding hydrogens is 727 g/mol. The van der Waals surface area contributed by atoms with Gasteiger partial charge in [0.2, 0.25) is 0 Å². The number of allylic oxidation sites excluding steroid dienone is 3. The summed E-state index contributed by atoms with van der Waals surface area (Å²) in [5.74, 6) is -0.449. The number of rotatable bonds is 10. The Labute approximate surface area is 306 Å². The molecule has 1 amide bonds. The van der Waals surface area contributed by atoms with Crippen molar-refractivity contribution < 1.29 is 67.6 Å². The molecule has 3 N–H and O–H groups in total. The van der Waals surface area contributed by atoms with E-state index in [9.17, 15) is 24.9 Å². The van der Waals surface area contributed by atoms with E-state index in [-0.39, 0.29) is 85.3 Å². The first-order valence-corrected chi connectivity index (χ1v) is 17.7. The number of hydrogen-bond acceptors (Lipinski definition) is 8. The lowest BCUT2D eigenvalue weighted by Gasteiger charge is -2.40. The van der Waals surface area contributed by atoms with Crippen molar-refractivity contribution in [3.8, 4) is 0 Å². The first-order valence-electron chi connectivity index (χ1n) is 17.7. The maximum Gasteiger partial charge on any atom is 0.410 e. The Morgan fingerprint density at radius 2 is 1.85 bits per heavy atom. The van der Waals surface area contributed by atoms with Crippen molar-refractivity contribution in [3.05, 3.63) is 36.0 Å². The Bertz CT molecular complexity index is 1130. The van der Waals surface area contributed by atoms with Crippen molar-refractivity contribution in [1.82, 2.24) is 4.90 Å². The standard InChI is InChI=1S/C37H63N2O8.HI/c1-10-30(41)27(5)35-31(45-35)22-24(2)12-11-13-25(3)34-26(4)14-15-32(37(6,44)19-16-29(40)23-33(42)47-34)46-36(43)38(7)28-17-20-39(8,9)21-18-28;/h11-15,24,26-32,34-35,40-41,44H,10,16-23H2,1-9H3;1H/q+1;/p-1/b12-11+,15-14+,25-13+;/t24-,26+,27-,29-,30+,31-,32+,34-,35-,37-;/m1./s1. The average molecular weight is 791 g/mol. The third-order valence-electron chi connectivity index (χ3n) is 10.5. The van der Waals surface area contributed by atoms with E-state index in [1.807, 2.05) is 45.9 Å². The van der Waals surface area contributed by atoms with Crippen LogP contribution < -0.4 is 24.0 Å². The zero-order chi connectivity index (χ0) is 35.1. The number of ether oxygens (including phenoxy) is 3. The molecule has 0 aromatic rings. The molecule has 3 aliphatic rings. The number of epoxide rings is 1. The number of esters is 1. The number of quaternary nitrogens is 1. The van der Waals surface area contributed by atoms with E-state index in [0.29, 0.717) is 6.42 Å². The summed E-state index contributed by atoms with van der Waals surface area (Å²) in [6.07, 6.45) is 9.76. The molecule has 3 heterocycles. The lowest BCUT2D eigenvalue weighted by Crippen LogP contribution is -3.00. The fourth-order valence-electron chi connectivity index (χ4n) is 6.77. The van der Waals surface area contributed by atoms with Crippen LogP contribution in [0.3, 0.4) is 0 Å². The van der Waals surface area contributed by atoms with E-state index in [1.165, 1.54) is 0 Å². The molecule has 0 aliphatic carbocycles. The number of aliphatic hydroxyl groups excluding tert-OH is 2. The van der Waals surface area contributed by atoms with E-state index in [4.69, 9.17) is 14.2 Å². The monoisotopic (exact) mass is 790 g/mol. The number of aliphatic hydroxyl groups is 3. The molecule has 0 spiro atoms. The third-order valence-corrected chi connectivity index (χ3v) is 10.5. The summed E-state index contributed by atoms with van der Waals surface area (Å²) in [4.78, 5) is 27.8. The lowest BCUT2D eigenvalue weighted by atomic mass is 9.88. The van der Waals surface area contributed by atoms with Crippen LogP contribution in [-0.4, -0.2) is 119 Å². The number of carbonyl (C=O) groups excluding carboxylic acids is 2. The number of piperidine rings is 1. The number of carbonyl (C=O) groups is 2. The molecule has 276 valence electrons. The molecule has 0 unspecified atom stereocenters. The van der Waals surface area contributed by atoms with Crippen LogP contribution in [0, 0.1) is 17.8 Å². The molecule has 48 heavy (non-hydrogen) atoms. The van der Waals surface area contributed by atoms with Crippen molar-refractivity contribution in [2.45, 2.75) is 135 Å². The molecule has 0 aromatic carbocycles. The number of nitrogens with zero attached hydrogens (tertiary/aromatic N) is 2. The van der Waals surface area contributed by atoms with Crippen molar-refractivity contribution in [2.75, 3.05) is 34.2 Å². The van der Waals surface area contributed by atoms with Gasteiger partial charge in [-0.05, 0) is 57.1 Å². The van der Waals surface area contributed by atoms with Gasteiger partial charge in [0.05, 0.1) is 58.0 Å². The summed E-state index contributed by atoms with van der Waals surface area (Å²) in [6, 6.07) is 0.0673. The molecule has 3 aliphatic heterocycles. The Balaban J connectivity index is 0.00000800. The predicted octanol–water partition coefficient (Wildman–Crippen LogP) is 1.77. The molecule has 3 rings (SSSR count). The van der Waals surface area contributed by atoms with Gasteiger partial charge in [0.1, 0.15) is 11.7 Å². The Hall–Kier alpha value is -1.51. The third kappa shape index (κ3) is 12.7. The van der Waals surface area contributed by atoms with Crippen molar-refractivity contribution in [3.63, 3.8) is 0 Å². The number of likely N-dealkylation sites (tertiary alicyclic amines) is 1. The van der Waals surface area contributed by atoms with Crippen LogP contribution >= 0.6 is 0 Å². The summed E-state index contributed by atoms with van der Waals surface area (Å²) in [7, 11) is 6.14. The van der Waals surface area contributed by atoms with Gasteiger partial charge >= 0.3 is 12.1 Å². The number of amides is 1. The lowest BCUT2D eigenvalue weighted by molar-refractivity contribution is -0.895. The highest BCUT2D eigenvalue weighted by molar-refractivity contribution is 5.70. The fraction of sp³-hybridized carbons (Fsp3) is 0.784. The van der Waals surface area contributed by atoms with Gasteiger partial charge in [-0.25, -0.2) is 4.79 Å². The van der Waals surface area contributed by atoms with Gasteiger partial charge in [-0.2, -0.15) is 0 Å². The maximum absolute atomic E-state index is 13.3. The van der Waals surface area contributed by atoms with E-state index < -0.39 is 36.0 Å². The SMILES string of the molecule is CC[C@H](O)[C@@H](C)[C@H]1O[C@@H]1C[C@H](C)/C=C/C=C(\C)[C@H]1OC(=O)C[C@H](O)CC[C@@](C)(O)[C@@H](OC(=O)N(C)C2CC[N+](C)(C)CC2)/C=C/[C@@H]1C.[I-]. The summed E-state index contributed by atoms with van der Waals surface area (Å²) in [5.41, 5.74) is -0.637. The molecule has 2 fully saturated rings. The molecule has 10 atom stereocenters. The van der Waals surface area contributed by atoms with Crippen LogP contribution in [0.1, 0.15) is 86.5 Å². The fourth-order valence-corrected chi connectivity index (χ4v) is 6.77. The van der Waals surface area contributed by atoms with Crippen LogP contribution in [0.25, 0.3) is 0 Å². The highest BCUT2D eigenvalue weighted by Crippen LogP contribution is 2.36. The molecular formula is C37H63IN2O8. The number of cyclic esters (lactones) is 1. The van der Waals surface area contributed by atoms with Crippen LogP contribution in [0.15, 0.2) is 36.0 Å². The van der Waals surface area contributed by atoms with Crippen molar-refractivity contribution >= 4 is 12.1 Å². The maximum atomic E-state index is 13.3. The second-order valence-corrected chi connectivity index (χ2v) is 15.4. The first kappa shape index (κ1) is 42.7. The highest BCUT2D eigenvalue weighted by Gasteiger charge is 2.45. The minimum atomic E-state index is -1.46. The van der Waals surface area contributed by atoms with E-state index in [2.05, 4.69) is 27.1 Å². The number of halogens is 1. The van der Waals surface area contributed by atoms with Gasteiger partial charge in [0, 0.05) is 37.8 Å². The van der Waals surface area contributed by atoms with Crippen molar-refractivity contribution in [2.24, 2.45) is 17.8 Å². The van der Waals surface area contributed by atoms with Crippen LogP contribution in [0.4, 0.5) is 4.79 Å². The Morgan fingerprint density at radius 3 is 2.48 bits per heavy atom. The zero-order valence-electron chi connectivity index (χ0n) is 30.7. The first-order chi connectivity index (χ1) is 21.9. The Kier molecular flexibility index (Phi) is 16.6. The average Bonchev–Trinajstić information content (AvgIpc) is 3.77. The second kappa shape index (κ2) is 18.6. The summed E-state index contributed by atoms with van der Waals surface area (Å²) in [5, 5.41) is 32.3. The molecule has 0 bridgehead atoms. The molecule has 0 saturated carbocycles. The minimum absolute atomic E-state index is 0. The quantitative estimate of drug-likeness (QED) is 0.0764. The second-order valence-electron chi connectivity index (χ2n) is 15.4. The van der Waals surface area contributed by atoms with Crippen LogP contribution in [0.5, 0.6) is 0 Å². The minimum Gasteiger partial charge on any atom is -1.00 e. The topological polar surface area (TPSA) is 129 Å². The van der Waals surface area contributed by atoms with Gasteiger partial charge in [-0.15, -0.1) is 0 Å². The molecule has 2 saturated heterocycles. The zero-order valence-corrected chi connectivity index (χ0v) is 32.8. The van der Waals surface area contributed by atoms with E-state index in [0.717, 1.165) is 42.4 Å². The summed E-state index contributed by atoms with van der Waals surface area (Å²) in [6.45, 7) is 13.5. The van der Waals surface area contributed by atoms with E-state index in [1.54, 1.807) is 24.9 Å². The van der Waals surface area contributed by atoms with Crippen molar-refractivity contribution in [1.29, 1.82) is 0 Å². The molecule has 11 heteroatoms. The van der Waals surface area contributed by atoms with Gasteiger partial charge in [-0.3, -0.25) is 4.79 Å². The normalized spacial score (nSPS) is 34.4. The number of hydrogen-bond donors (Lipinski definition) is 3. The summed E-state index contributed by atoms with van der Waals surface area (Å²) < 4.78 is 18.6. The van der Waals surface area contributed by atoms with Crippen LogP contribution in [0.2, 0.25) is 0 Å². The van der Waals surface area contributed by atoms with E-state index >= 15 is 0 Å². The highest BCUT2D eigenvalue weighted by atomic mass is 127. The molecule has 0 aromatic heterocycles. The smallest absolute Gasteiger partial charge is 0.410 e. The van der Waals surface area contributed by atoms with Gasteiger partial charge < -0.3 is 62.9 Å². The van der Waals surface area contributed by atoms with Gasteiger partial charge in [0.15, 0.2) is 6.10 Å². The van der Waals surface area contributed by atoms with Crippen LogP contribution in [-0.2, 0) is 19.0 Å². The molecule has 0 radical (unpaired) electrons. The molecule has 10 nitrogen and oxygen atoms in total.